The highest BCUT2D eigenvalue weighted by Gasteiger charge is 2.75. The Morgan fingerprint density at radius 2 is 1.56 bits per heavy atom. The smallest absolute Gasteiger partial charge is 0.355 e. The van der Waals surface area contributed by atoms with Gasteiger partial charge < -0.3 is 19.3 Å². The van der Waals surface area contributed by atoms with Gasteiger partial charge in [0.25, 0.3) is 0 Å². The average molecular weight is 748 g/mol. The van der Waals surface area contributed by atoms with E-state index in [2.05, 4.69) is 28.1 Å². The Labute approximate surface area is 302 Å². The molecule has 0 aromatic heterocycles. The van der Waals surface area contributed by atoms with E-state index in [0.717, 1.165) is 19.8 Å². The highest BCUT2D eigenvalue weighted by molar-refractivity contribution is 9.10. The number of carbonyl (C=O) groups excluding carboxylic acids is 3. The predicted octanol–water partition coefficient (Wildman–Crippen LogP) is 7.12. The Balaban J connectivity index is 1.79. The summed E-state index contributed by atoms with van der Waals surface area (Å²) in [5.41, 5.74) is -3.32. The van der Waals surface area contributed by atoms with Gasteiger partial charge in [0.15, 0.2) is 5.41 Å². The number of hydrogen-bond acceptors (Lipinski definition) is 8. The minimum absolute atomic E-state index is 0.0484. The summed E-state index contributed by atoms with van der Waals surface area (Å²) in [6, 6.07) is 32.6. The molecule has 0 aliphatic carbocycles. The van der Waals surface area contributed by atoms with Crippen molar-refractivity contribution >= 4 is 62.8 Å². The van der Waals surface area contributed by atoms with Crippen molar-refractivity contribution in [2.75, 3.05) is 24.0 Å². The molecule has 4 aromatic rings. The van der Waals surface area contributed by atoms with Gasteiger partial charge in [-0.15, -0.1) is 0 Å². The lowest BCUT2D eigenvalue weighted by Gasteiger charge is -2.51. The number of rotatable bonds is 7. The first-order valence-electron chi connectivity index (χ1n) is 15.4. The van der Waals surface area contributed by atoms with Crippen LogP contribution in [0.4, 0.5) is 11.4 Å². The van der Waals surface area contributed by atoms with Crippen LogP contribution in [0.3, 0.4) is 0 Å². The molecular weight excluding hydrogens is 720 g/mol. The maximum atomic E-state index is 15.5. The number of nitrogens with zero attached hydrogens (tertiary/aromatic N) is 4. The summed E-state index contributed by atoms with van der Waals surface area (Å²) >= 11 is 9.74. The summed E-state index contributed by atoms with van der Waals surface area (Å²) in [4.78, 5) is 46.8. The van der Waals surface area contributed by atoms with Crippen LogP contribution in [0, 0.1) is 28.1 Å². The van der Waals surface area contributed by atoms with Crippen LogP contribution >= 0.6 is 27.5 Å². The number of amides is 1. The van der Waals surface area contributed by atoms with E-state index in [1.807, 2.05) is 30.3 Å². The van der Waals surface area contributed by atoms with Crippen molar-refractivity contribution in [1.82, 2.24) is 0 Å². The fraction of sp³-hybridized carbons (Fsp3) is 0.154. The summed E-state index contributed by atoms with van der Waals surface area (Å²) < 4.78 is 11.3. The quantitative estimate of drug-likeness (QED) is 0.183. The molecule has 1 amide bonds. The lowest BCUT2D eigenvalue weighted by Crippen LogP contribution is -2.67. The molecule has 1 spiro atoms. The highest BCUT2D eigenvalue weighted by atomic mass is 79.9. The van der Waals surface area contributed by atoms with Crippen LogP contribution in [-0.2, 0) is 35.8 Å². The number of halogens is 2. The van der Waals surface area contributed by atoms with Crippen molar-refractivity contribution in [3.8, 4) is 12.1 Å². The van der Waals surface area contributed by atoms with Gasteiger partial charge in [-0.05, 0) is 59.2 Å². The molecule has 2 aliphatic heterocycles. The fourth-order valence-corrected chi connectivity index (χ4v) is 7.42. The van der Waals surface area contributed by atoms with Gasteiger partial charge >= 0.3 is 11.9 Å². The maximum absolute atomic E-state index is 15.5. The minimum Gasteiger partial charge on any atom is -0.466 e. The fourth-order valence-electron chi connectivity index (χ4n) is 6.96. The van der Waals surface area contributed by atoms with Crippen molar-refractivity contribution in [2.24, 2.45) is 5.41 Å². The molecule has 4 aromatic carbocycles. The molecule has 6 rings (SSSR count). The van der Waals surface area contributed by atoms with Crippen LogP contribution in [0.15, 0.2) is 125 Å². The second kappa shape index (κ2) is 13.7. The lowest BCUT2D eigenvalue weighted by atomic mass is 9.52. The number of ether oxygens (including phenoxy) is 2. The molecule has 2 atom stereocenters. The number of esters is 2. The molecular formula is C39H28BrClN4O5. The average Bonchev–Trinajstić information content (AvgIpc) is 3.38. The summed E-state index contributed by atoms with van der Waals surface area (Å²) in [5, 5.41) is 23.3. The van der Waals surface area contributed by atoms with E-state index in [1.54, 1.807) is 84.9 Å². The number of fused-ring (bicyclic) bond motifs is 2. The van der Waals surface area contributed by atoms with E-state index < -0.39 is 40.3 Å². The van der Waals surface area contributed by atoms with Crippen molar-refractivity contribution < 1.29 is 23.9 Å². The largest absolute Gasteiger partial charge is 0.466 e. The normalized spacial score (nSPS) is 19.2. The van der Waals surface area contributed by atoms with Gasteiger partial charge in [0.1, 0.15) is 11.1 Å². The third kappa shape index (κ3) is 5.25. The van der Waals surface area contributed by atoms with Crippen LogP contribution in [0.1, 0.15) is 16.7 Å². The molecule has 0 saturated carbocycles. The standard InChI is InChI=1S/C39H28BrClN4O5/c1-49-35(46)33-34(36(47)50-2)45(29-18-16-27(40)17-19-29)32(20-15-25-11-8-12-28(41)21-25)38(23-42,24-43)39(33)30-13-6-7-14-31(30)44(37(39)48)22-26-9-4-3-5-10-26/h3-21,32H,22H2,1-2H3/b20-15+/t32-,39+/m1/s1. The molecule has 2 heterocycles. The second-order valence-corrected chi connectivity index (χ2v) is 12.9. The van der Waals surface area contributed by atoms with Crippen molar-refractivity contribution in [3.63, 3.8) is 0 Å². The van der Waals surface area contributed by atoms with E-state index >= 15 is 4.79 Å². The SMILES string of the molecule is COC(=O)C1=C(C(=O)OC)[C@@]2(C(=O)N(Cc3ccccc3)c3ccccc32)C(C#N)(C#N)[C@@H](/C=C/c2cccc(Cl)c2)N1c1ccc(Br)cc1. The van der Waals surface area contributed by atoms with Crippen molar-refractivity contribution in [3.05, 3.63) is 147 Å². The summed E-state index contributed by atoms with van der Waals surface area (Å²) in [5.74, 6) is -2.81. The maximum Gasteiger partial charge on any atom is 0.355 e. The lowest BCUT2D eigenvalue weighted by molar-refractivity contribution is -0.142. The van der Waals surface area contributed by atoms with Gasteiger partial charge in [0.2, 0.25) is 5.91 Å². The summed E-state index contributed by atoms with van der Waals surface area (Å²) in [7, 11) is 2.26. The Morgan fingerprint density at radius 1 is 0.900 bits per heavy atom. The first-order valence-corrected chi connectivity index (χ1v) is 16.5. The number of anilines is 2. The van der Waals surface area contributed by atoms with E-state index in [-0.39, 0.29) is 17.8 Å². The molecule has 0 radical (unpaired) electrons. The molecule has 2 aliphatic rings. The van der Waals surface area contributed by atoms with Crippen LogP contribution in [0.25, 0.3) is 6.08 Å². The van der Waals surface area contributed by atoms with Crippen LogP contribution in [0.5, 0.6) is 0 Å². The van der Waals surface area contributed by atoms with Gasteiger partial charge in [-0.3, -0.25) is 4.79 Å². The van der Waals surface area contributed by atoms with Crippen molar-refractivity contribution in [1.29, 1.82) is 10.5 Å². The molecule has 11 heteroatoms. The first-order chi connectivity index (χ1) is 24.2. The predicted molar refractivity (Wildman–Crippen MR) is 191 cm³/mol. The van der Waals surface area contributed by atoms with E-state index in [0.29, 0.717) is 26.4 Å². The monoisotopic (exact) mass is 746 g/mol. The Hall–Kier alpha value is -5.68. The molecule has 0 fully saturated rings. The van der Waals surface area contributed by atoms with Crippen LogP contribution < -0.4 is 9.80 Å². The molecule has 0 bridgehead atoms. The van der Waals surface area contributed by atoms with Gasteiger partial charge in [0.05, 0.1) is 44.5 Å². The second-order valence-electron chi connectivity index (χ2n) is 11.6. The number of carbonyl (C=O) groups is 3. The third-order valence-corrected chi connectivity index (χ3v) is 9.82. The van der Waals surface area contributed by atoms with Crippen molar-refractivity contribution in [2.45, 2.75) is 18.0 Å². The first kappa shape index (κ1) is 34.2. The van der Waals surface area contributed by atoms with Crippen LogP contribution in [-0.4, -0.2) is 38.1 Å². The van der Waals surface area contributed by atoms with E-state index in [9.17, 15) is 20.1 Å². The molecule has 0 saturated heterocycles. The van der Waals surface area contributed by atoms with Gasteiger partial charge in [-0.1, -0.05) is 100 Å². The molecule has 0 N–H and O–H groups in total. The molecule has 0 unspecified atom stereocenters. The number of benzene rings is 4. The highest BCUT2D eigenvalue weighted by Crippen LogP contribution is 2.62. The summed E-state index contributed by atoms with van der Waals surface area (Å²) in [6.07, 6.45) is 3.24. The summed E-state index contributed by atoms with van der Waals surface area (Å²) in [6.45, 7) is 0.0484. The third-order valence-electron chi connectivity index (χ3n) is 9.06. The number of methoxy groups -OCH3 is 2. The zero-order valence-corrected chi connectivity index (χ0v) is 29.2. The number of para-hydroxylation sites is 1. The number of hydrogen-bond donors (Lipinski definition) is 0. The van der Waals surface area contributed by atoms with E-state index in [4.69, 9.17) is 21.1 Å². The van der Waals surface area contributed by atoms with Gasteiger partial charge in [-0.2, -0.15) is 10.5 Å². The number of nitriles is 2. The van der Waals surface area contributed by atoms with Gasteiger partial charge in [-0.25, -0.2) is 9.59 Å². The zero-order valence-electron chi connectivity index (χ0n) is 26.8. The minimum atomic E-state index is -2.39. The van der Waals surface area contributed by atoms with Gasteiger partial charge in [0, 0.05) is 20.9 Å². The Kier molecular flexibility index (Phi) is 9.35. The van der Waals surface area contributed by atoms with E-state index in [1.165, 1.54) is 9.80 Å². The molecule has 9 nitrogen and oxygen atoms in total. The Bertz CT molecular complexity index is 2140. The van der Waals surface area contributed by atoms with Crippen LogP contribution in [0.2, 0.25) is 5.02 Å². The topological polar surface area (TPSA) is 124 Å². The molecule has 248 valence electrons. The molecule has 50 heavy (non-hydrogen) atoms. The zero-order chi connectivity index (χ0) is 35.6. The Morgan fingerprint density at radius 3 is 2.20 bits per heavy atom.